The molecule has 3 aromatic carbocycles. The Morgan fingerprint density at radius 1 is 0.941 bits per heavy atom. The van der Waals surface area contributed by atoms with Gasteiger partial charge in [-0.3, -0.25) is 4.79 Å². The summed E-state index contributed by atoms with van der Waals surface area (Å²) in [6.45, 7) is -0.951. The van der Waals surface area contributed by atoms with Gasteiger partial charge in [-0.25, -0.2) is 4.79 Å². The van der Waals surface area contributed by atoms with Crippen LogP contribution in [0.4, 0.5) is 8.68 Å². The SMILES string of the molecule is O=C(OCc1ccccc1)N(C[C@@H]1CC(c2ccccc2)(c2ccccc2)C(=O)O1)S(=O)(=O)F. The van der Waals surface area contributed by atoms with Gasteiger partial charge in [0.15, 0.2) is 0 Å². The lowest BCUT2D eigenvalue weighted by Crippen LogP contribution is -2.40. The van der Waals surface area contributed by atoms with Crippen molar-refractivity contribution in [1.29, 1.82) is 0 Å². The van der Waals surface area contributed by atoms with Crippen LogP contribution in [-0.2, 0) is 36.7 Å². The quantitative estimate of drug-likeness (QED) is 0.371. The fourth-order valence-electron chi connectivity index (χ4n) is 4.13. The van der Waals surface area contributed by atoms with Crippen molar-refractivity contribution in [3.8, 4) is 0 Å². The molecule has 0 saturated carbocycles. The van der Waals surface area contributed by atoms with Crippen molar-refractivity contribution in [3.63, 3.8) is 0 Å². The van der Waals surface area contributed by atoms with E-state index in [9.17, 15) is 21.9 Å². The van der Waals surface area contributed by atoms with Crippen LogP contribution in [0.2, 0.25) is 0 Å². The molecule has 176 valence electrons. The first kappa shape index (κ1) is 23.4. The lowest BCUT2D eigenvalue weighted by molar-refractivity contribution is -0.144. The summed E-state index contributed by atoms with van der Waals surface area (Å²) in [7, 11) is -5.47. The van der Waals surface area contributed by atoms with Crippen LogP contribution >= 0.6 is 0 Å². The summed E-state index contributed by atoms with van der Waals surface area (Å²) in [6.07, 6.45) is -2.46. The van der Waals surface area contributed by atoms with Crippen LogP contribution in [-0.4, -0.2) is 37.4 Å². The number of ether oxygens (including phenoxy) is 2. The maximum Gasteiger partial charge on any atom is 0.426 e. The van der Waals surface area contributed by atoms with Crippen molar-refractivity contribution in [2.45, 2.75) is 24.5 Å². The third kappa shape index (κ3) is 4.79. The van der Waals surface area contributed by atoms with E-state index in [-0.39, 0.29) is 17.3 Å². The number of carbonyl (C=O) groups is 2. The molecular weight excluding hydrogens is 461 g/mol. The van der Waals surface area contributed by atoms with Gasteiger partial charge in [-0.15, -0.1) is 0 Å². The highest BCUT2D eigenvalue weighted by molar-refractivity contribution is 7.84. The summed E-state index contributed by atoms with van der Waals surface area (Å²) in [4.78, 5) is 25.7. The van der Waals surface area contributed by atoms with E-state index in [1.54, 1.807) is 91.0 Å². The van der Waals surface area contributed by atoms with E-state index in [2.05, 4.69) is 0 Å². The summed E-state index contributed by atoms with van der Waals surface area (Å²) < 4.78 is 48.1. The van der Waals surface area contributed by atoms with Gasteiger partial charge in [-0.05, 0) is 16.7 Å². The molecule has 1 saturated heterocycles. The number of nitrogens with zero attached hydrogens (tertiary/aromatic N) is 1. The van der Waals surface area contributed by atoms with Crippen LogP contribution in [0.5, 0.6) is 0 Å². The van der Waals surface area contributed by atoms with Crippen LogP contribution in [0.3, 0.4) is 0 Å². The molecule has 0 spiro atoms. The molecule has 1 amide bonds. The Hall–Kier alpha value is -3.72. The number of cyclic esters (lactones) is 1. The second-order valence-electron chi connectivity index (χ2n) is 7.88. The largest absolute Gasteiger partial charge is 0.459 e. The van der Waals surface area contributed by atoms with Crippen molar-refractivity contribution < 1.29 is 31.4 Å². The number of amides is 1. The number of halogens is 1. The molecule has 4 rings (SSSR count). The smallest absolute Gasteiger partial charge is 0.426 e. The highest BCUT2D eigenvalue weighted by Crippen LogP contribution is 2.43. The lowest BCUT2D eigenvalue weighted by Gasteiger charge is -2.26. The molecule has 34 heavy (non-hydrogen) atoms. The third-order valence-corrected chi connectivity index (χ3v) is 6.56. The van der Waals surface area contributed by atoms with Gasteiger partial charge in [-0.2, -0.15) is 12.7 Å². The molecule has 1 heterocycles. The van der Waals surface area contributed by atoms with Crippen LogP contribution in [0.15, 0.2) is 91.0 Å². The van der Waals surface area contributed by atoms with Crippen LogP contribution in [0.1, 0.15) is 23.1 Å². The van der Waals surface area contributed by atoms with Gasteiger partial charge in [0, 0.05) is 6.42 Å². The van der Waals surface area contributed by atoms with Crippen molar-refractivity contribution >= 4 is 22.5 Å². The van der Waals surface area contributed by atoms with Gasteiger partial charge in [0.05, 0.1) is 6.54 Å². The maximum absolute atomic E-state index is 14.1. The minimum Gasteiger partial charge on any atom is -0.459 e. The van der Waals surface area contributed by atoms with Crippen molar-refractivity contribution in [1.82, 2.24) is 4.31 Å². The highest BCUT2D eigenvalue weighted by atomic mass is 32.3. The van der Waals surface area contributed by atoms with E-state index in [0.717, 1.165) is 0 Å². The van der Waals surface area contributed by atoms with E-state index in [4.69, 9.17) is 9.47 Å². The van der Waals surface area contributed by atoms with Crippen LogP contribution < -0.4 is 0 Å². The summed E-state index contributed by atoms with van der Waals surface area (Å²) in [5, 5.41) is 0. The van der Waals surface area contributed by atoms with Crippen LogP contribution in [0.25, 0.3) is 0 Å². The number of hydrogen-bond acceptors (Lipinski definition) is 6. The Morgan fingerprint density at radius 2 is 1.44 bits per heavy atom. The molecular formula is C25H22FNO6S. The minimum atomic E-state index is -5.47. The van der Waals surface area contributed by atoms with E-state index >= 15 is 0 Å². The summed E-state index contributed by atoms with van der Waals surface area (Å²) in [5.41, 5.74) is 0.670. The highest BCUT2D eigenvalue weighted by Gasteiger charge is 2.52. The average molecular weight is 484 g/mol. The molecule has 1 aliphatic heterocycles. The Morgan fingerprint density at radius 3 is 1.94 bits per heavy atom. The second-order valence-corrected chi connectivity index (χ2v) is 9.15. The average Bonchev–Trinajstić information content (AvgIpc) is 3.19. The number of benzene rings is 3. The molecule has 1 aliphatic rings. The van der Waals surface area contributed by atoms with E-state index < -0.39 is 40.5 Å². The minimum absolute atomic E-state index is 0.0118. The number of carbonyl (C=O) groups excluding carboxylic acids is 2. The molecule has 1 atom stereocenters. The summed E-state index contributed by atoms with van der Waals surface area (Å²) in [5.74, 6) is -0.608. The molecule has 1 fully saturated rings. The predicted octanol–water partition coefficient (Wildman–Crippen LogP) is 4.14. The molecule has 0 aliphatic carbocycles. The predicted molar refractivity (Wildman–Crippen MR) is 122 cm³/mol. The summed E-state index contributed by atoms with van der Waals surface area (Å²) in [6, 6.07) is 26.4. The Balaban J connectivity index is 1.59. The molecule has 9 heteroatoms. The fraction of sp³-hybridized carbons (Fsp3) is 0.200. The van der Waals surface area contributed by atoms with Gasteiger partial charge in [0.25, 0.3) is 0 Å². The Labute approximate surface area is 197 Å². The summed E-state index contributed by atoms with van der Waals surface area (Å²) >= 11 is 0. The third-order valence-electron chi connectivity index (χ3n) is 5.73. The first-order valence-corrected chi connectivity index (χ1v) is 11.9. The van der Waals surface area contributed by atoms with Crippen LogP contribution in [0, 0.1) is 0 Å². The zero-order valence-corrected chi connectivity index (χ0v) is 18.9. The van der Waals surface area contributed by atoms with Crippen molar-refractivity contribution in [2.24, 2.45) is 0 Å². The van der Waals surface area contributed by atoms with Gasteiger partial charge in [0.2, 0.25) is 0 Å². The number of hydrogen-bond donors (Lipinski definition) is 0. The first-order chi connectivity index (χ1) is 16.3. The Bertz CT molecular complexity index is 1210. The molecule has 0 unspecified atom stereocenters. The lowest BCUT2D eigenvalue weighted by atomic mass is 9.72. The van der Waals surface area contributed by atoms with E-state index in [0.29, 0.717) is 16.7 Å². The molecule has 7 nitrogen and oxygen atoms in total. The molecule has 0 bridgehead atoms. The monoisotopic (exact) mass is 483 g/mol. The Kier molecular flexibility index (Phi) is 6.65. The van der Waals surface area contributed by atoms with Gasteiger partial charge >= 0.3 is 22.5 Å². The zero-order valence-electron chi connectivity index (χ0n) is 18.0. The molecule has 0 N–H and O–H groups in total. The second kappa shape index (κ2) is 9.64. The molecule has 0 aromatic heterocycles. The first-order valence-electron chi connectivity index (χ1n) is 10.6. The topological polar surface area (TPSA) is 90.0 Å². The standard InChI is InChI=1S/C25H22FNO6S/c26-34(30,31)27(24(29)32-18-19-10-4-1-5-11-19)17-22-16-25(23(28)33-22,20-12-6-2-7-13-20)21-14-8-3-9-15-21/h1-15,22H,16-18H2/t22-/m0/s1. The van der Waals surface area contributed by atoms with Gasteiger partial charge < -0.3 is 9.47 Å². The molecule has 0 radical (unpaired) electrons. The van der Waals surface area contributed by atoms with Gasteiger partial charge in [-0.1, -0.05) is 94.9 Å². The van der Waals surface area contributed by atoms with E-state index in [1.807, 2.05) is 0 Å². The molecule has 3 aromatic rings. The number of esters is 1. The van der Waals surface area contributed by atoms with Crippen molar-refractivity contribution in [2.75, 3.05) is 6.54 Å². The number of rotatable bonds is 7. The van der Waals surface area contributed by atoms with Crippen molar-refractivity contribution in [3.05, 3.63) is 108 Å². The maximum atomic E-state index is 14.1. The fourth-order valence-corrected chi connectivity index (χ4v) is 4.71. The normalized spacial score (nSPS) is 17.1. The zero-order chi connectivity index (χ0) is 24.2. The van der Waals surface area contributed by atoms with Gasteiger partial charge in [0.1, 0.15) is 18.1 Å². The van der Waals surface area contributed by atoms with E-state index in [1.165, 1.54) is 0 Å².